The Morgan fingerprint density at radius 2 is 1.96 bits per heavy atom. The molecule has 2 aromatic rings. The fraction of sp³-hybridized carbons (Fsp3) is 0.278. The number of methoxy groups -OCH3 is 1. The van der Waals surface area contributed by atoms with Gasteiger partial charge in [0.1, 0.15) is 17.3 Å². The van der Waals surface area contributed by atoms with Crippen LogP contribution in [0.15, 0.2) is 41.4 Å². The second-order valence-corrected chi connectivity index (χ2v) is 5.92. The third-order valence-corrected chi connectivity index (χ3v) is 4.15. The number of nitrogens with zero attached hydrogens (tertiary/aromatic N) is 2. The Balaban J connectivity index is 1.83. The molecular weight excluding hydrogens is 315 g/mol. The lowest BCUT2D eigenvalue weighted by molar-refractivity contribution is 0.416. The summed E-state index contributed by atoms with van der Waals surface area (Å²) < 4.78 is 19.5. The Morgan fingerprint density at radius 3 is 2.65 bits per heavy atom. The predicted octanol–water partition coefficient (Wildman–Crippen LogP) is 4.84. The molecule has 0 amide bonds. The molecule has 0 unspecified atom stereocenters. The molecule has 1 saturated heterocycles. The number of hydrogen-bond acceptors (Lipinski definition) is 3. The van der Waals surface area contributed by atoms with E-state index in [0.717, 1.165) is 25.9 Å². The molecule has 120 valence electrons. The van der Waals surface area contributed by atoms with Crippen LogP contribution in [-0.4, -0.2) is 26.4 Å². The molecule has 3 nitrogen and oxygen atoms in total. The number of benzene rings is 2. The van der Waals surface area contributed by atoms with Gasteiger partial charge < -0.3 is 9.64 Å². The van der Waals surface area contributed by atoms with E-state index >= 15 is 0 Å². The molecule has 5 heteroatoms. The number of ether oxygens (including phenoxy) is 1. The maximum Gasteiger partial charge on any atom is 0.147 e. The first-order chi connectivity index (χ1) is 11.2. The van der Waals surface area contributed by atoms with E-state index in [2.05, 4.69) is 9.89 Å². The molecule has 1 aliphatic rings. The molecule has 0 atom stereocenters. The highest BCUT2D eigenvalue weighted by Gasteiger charge is 2.15. The lowest BCUT2D eigenvalue weighted by atomic mass is 10.2. The maximum absolute atomic E-state index is 14.3. The average Bonchev–Trinajstić information content (AvgIpc) is 3.07. The molecular formula is C18H18ClFN2O. The van der Waals surface area contributed by atoms with Crippen LogP contribution in [0.25, 0.3) is 0 Å². The van der Waals surface area contributed by atoms with Crippen molar-refractivity contribution in [3.63, 3.8) is 0 Å². The second-order valence-electron chi connectivity index (χ2n) is 5.48. The van der Waals surface area contributed by atoms with Gasteiger partial charge in [-0.05, 0) is 48.7 Å². The van der Waals surface area contributed by atoms with Gasteiger partial charge in [0, 0.05) is 24.3 Å². The van der Waals surface area contributed by atoms with Crippen molar-refractivity contribution in [3.8, 4) is 5.75 Å². The van der Waals surface area contributed by atoms with Gasteiger partial charge in [-0.3, -0.25) is 4.99 Å². The number of hydrogen-bond donors (Lipinski definition) is 0. The predicted molar refractivity (Wildman–Crippen MR) is 93.1 cm³/mol. The van der Waals surface area contributed by atoms with Crippen molar-refractivity contribution in [1.29, 1.82) is 0 Å². The third kappa shape index (κ3) is 3.64. The van der Waals surface area contributed by atoms with E-state index in [4.69, 9.17) is 16.3 Å². The molecule has 1 heterocycles. The molecule has 0 saturated carbocycles. The molecule has 0 bridgehead atoms. The standard InChI is InChI=1S/C18H18ClFN2O/c1-23-18-7-5-14(19)11-16(18)21-12-13-4-6-17(15(20)10-13)22-8-2-3-9-22/h4-7,10-12H,2-3,8-9H2,1H3. The Hall–Kier alpha value is -2.07. The highest BCUT2D eigenvalue weighted by Crippen LogP contribution is 2.30. The van der Waals surface area contributed by atoms with Crippen molar-refractivity contribution < 1.29 is 9.13 Å². The van der Waals surface area contributed by atoms with Crippen molar-refractivity contribution in [3.05, 3.63) is 52.8 Å². The zero-order chi connectivity index (χ0) is 16.2. The maximum atomic E-state index is 14.3. The smallest absolute Gasteiger partial charge is 0.147 e. The van der Waals surface area contributed by atoms with Gasteiger partial charge in [0.15, 0.2) is 0 Å². The van der Waals surface area contributed by atoms with Crippen LogP contribution in [0.2, 0.25) is 5.02 Å². The van der Waals surface area contributed by atoms with E-state index in [9.17, 15) is 4.39 Å². The van der Waals surface area contributed by atoms with Crippen LogP contribution < -0.4 is 9.64 Å². The molecule has 1 aliphatic heterocycles. The van der Waals surface area contributed by atoms with Crippen LogP contribution in [0.4, 0.5) is 15.8 Å². The molecule has 0 spiro atoms. The van der Waals surface area contributed by atoms with E-state index in [1.807, 2.05) is 12.1 Å². The Kier molecular flexibility index (Phi) is 4.82. The summed E-state index contributed by atoms with van der Waals surface area (Å²) in [5.41, 5.74) is 1.98. The summed E-state index contributed by atoms with van der Waals surface area (Å²) in [5, 5.41) is 0.577. The largest absolute Gasteiger partial charge is 0.494 e. The summed E-state index contributed by atoms with van der Waals surface area (Å²) in [6.07, 6.45) is 3.86. The van der Waals surface area contributed by atoms with Crippen LogP contribution in [0.5, 0.6) is 5.75 Å². The van der Waals surface area contributed by atoms with Gasteiger partial charge in [-0.2, -0.15) is 0 Å². The average molecular weight is 333 g/mol. The lowest BCUT2D eigenvalue weighted by Crippen LogP contribution is -2.18. The van der Waals surface area contributed by atoms with Crippen LogP contribution in [0.1, 0.15) is 18.4 Å². The molecule has 23 heavy (non-hydrogen) atoms. The lowest BCUT2D eigenvalue weighted by Gasteiger charge is -2.18. The highest BCUT2D eigenvalue weighted by molar-refractivity contribution is 6.30. The molecule has 0 radical (unpaired) electrons. The van der Waals surface area contributed by atoms with Crippen LogP contribution in [-0.2, 0) is 0 Å². The number of halogens is 2. The van der Waals surface area contributed by atoms with Crippen molar-refractivity contribution >= 4 is 29.2 Å². The summed E-state index contributed by atoms with van der Waals surface area (Å²) in [7, 11) is 1.58. The van der Waals surface area contributed by atoms with Gasteiger partial charge in [-0.1, -0.05) is 17.7 Å². The van der Waals surface area contributed by atoms with Gasteiger partial charge in [-0.15, -0.1) is 0 Å². The van der Waals surface area contributed by atoms with Crippen molar-refractivity contribution in [2.75, 3.05) is 25.1 Å². The van der Waals surface area contributed by atoms with E-state index in [-0.39, 0.29) is 5.82 Å². The molecule has 2 aromatic carbocycles. The van der Waals surface area contributed by atoms with Gasteiger partial charge >= 0.3 is 0 Å². The topological polar surface area (TPSA) is 24.8 Å². The minimum absolute atomic E-state index is 0.214. The third-order valence-electron chi connectivity index (χ3n) is 3.91. The highest BCUT2D eigenvalue weighted by atomic mass is 35.5. The van der Waals surface area contributed by atoms with E-state index < -0.39 is 0 Å². The molecule has 0 aromatic heterocycles. The molecule has 0 aliphatic carbocycles. The Bertz CT molecular complexity index is 727. The number of rotatable bonds is 4. The van der Waals surface area contributed by atoms with E-state index in [1.54, 1.807) is 31.5 Å². The number of aliphatic imine (C=N–C) groups is 1. The fourth-order valence-corrected chi connectivity index (χ4v) is 2.89. The second kappa shape index (κ2) is 7.01. The first-order valence-electron chi connectivity index (χ1n) is 7.59. The zero-order valence-electron chi connectivity index (χ0n) is 12.9. The van der Waals surface area contributed by atoms with E-state index in [0.29, 0.717) is 27.7 Å². The summed E-state index contributed by atoms with van der Waals surface area (Å²) in [5.74, 6) is 0.411. The van der Waals surface area contributed by atoms with Gasteiger partial charge in [0.25, 0.3) is 0 Å². The SMILES string of the molecule is COc1ccc(Cl)cc1N=Cc1ccc(N2CCCC2)c(F)c1. The number of anilines is 1. The monoisotopic (exact) mass is 332 g/mol. The summed E-state index contributed by atoms with van der Waals surface area (Å²) >= 11 is 5.98. The normalized spacial score (nSPS) is 14.7. The van der Waals surface area contributed by atoms with E-state index in [1.165, 1.54) is 6.07 Å². The first kappa shape index (κ1) is 15.8. The minimum atomic E-state index is -0.214. The van der Waals surface area contributed by atoms with Crippen LogP contribution in [0, 0.1) is 5.82 Å². The summed E-state index contributed by atoms with van der Waals surface area (Å²) in [6, 6.07) is 10.4. The quantitative estimate of drug-likeness (QED) is 0.748. The first-order valence-corrected chi connectivity index (χ1v) is 7.97. The Morgan fingerprint density at radius 1 is 1.17 bits per heavy atom. The van der Waals surface area contributed by atoms with Crippen LogP contribution >= 0.6 is 11.6 Å². The minimum Gasteiger partial charge on any atom is -0.494 e. The molecule has 3 rings (SSSR count). The zero-order valence-corrected chi connectivity index (χ0v) is 13.7. The molecule has 0 N–H and O–H groups in total. The van der Waals surface area contributed by atoms with Crippen molar-refractivity contribution in [1.82, 2.24) is 0 Å². The van der Waals surface area contributed by atoms with Crippen molar-refractivity contribution in [2.45, 2.75) is 12.8 Å². The fourth-order valence-electron chi connectivity index (χ4n) is 2.73. The van der Waals surface area contributed by atoms with Crippen molar-refractivity contribution in [2.24, 2.45) is 4.99 Å². The van der Waals surface area contributed by atoms with Gasteiger partial charge in [0.2, 0.25) is 0 Å². The Labute approximate surface area is 140 Å². The van der Waals surface area contributed by atoms with Gasteiger partial charge in [-0.25, -0.2) is 4.39 Å². The molecule has 1 fully saturated rings. The summed E-state index contributed by atoms with van der Waals surface area (Å²) in [4.78, 5) is 6.44. The van der Waals surface area contributed by atoms with Gasteiger partial charge in [0.05, 0.1) is 12.8 Å². The van der Waals surface area contributed by atoms with Crippen LogP contribution in [0.3, 0.4) is 0 Å². The summed E-state index contributed by atoms with van der Waals surface area (Å²) in [6.45, 7) is 1.84.